The van der Waals surface area contributed by atoms with Crippen LogP contribution < -0.4 is 11.4 Å². The van der Waals surface area contributed by atoms with Crippen LogP contribution in [-0.2, 0) is 4.74 Å². The van der Waals surface area contributed by atoms with Crippen molar-refractivity contribution in [1.29, 1.82) is 0 Å². The van der Waals surface area contributed by atoms with Gasteiger partial charge in [-0.25, -0.2) is 9.78 Å². The van der Waals surface area contributed by atoms with E-state index >= 15 is 0 Å². The van der Waals surface area contributed by atoms with Gasteiger partial charge in [-0.3, -0.25) is 4.98 Å². The second-order valence-electron chi connectivity index (χ2n) is 3.93. The van der Waals surface area contributed by atoms with Crippen LogP contribution in [0.2, 0.25) is 0 Å². The van der Waals surface area contributed by atoms with Crippen molar-refractivity contribution in [3.63, 3.8) is 0 Å². The number of H-pyrrole nitrogens is 1. The molecule has 7 heteroatoms. The van der Waals surface area contributed by atoms with Gasteiger partial charge in [0.2, 0.25) is 0 Å². The van der Waals surface area contributed by atoms with E-state index in [9.17, 15) is 9.90 Å². The summed E-state index contributed by atoms with van der Waals surface area (Å²) in [5.74, 6) is 5.63. The van der Waals surface area contributed by atoms with Crippen LogP contribution in [0.25, 0.3) is 0 Å². The normalized spacial score (nSPS) is 26.7. The highest BCUT2D eigenvalue weighted by molar-refractivity contribution is 5.49. The van der Waals surface area contributed by atoms with Gasteiger partial charge in [0.15, 0.2) is 0 Å². The Kier molecular flexibility index (Phi) is 3.62. The number of nitrogens with one attached hydrogen (secondary N) is 1. The highest BCUT2D eigenvalue weighted by Crippen LogP contribution is 2.19. The molecule has 0 amide bonds. The lowest BCUT2D eigenvalue weighted by atomic mass is 10.1. The average molecular weight is 251 g/mol. The number of aromatic nitrogens is 2. The molecular weight excluding hydrogens is 238 g/mol. The third kappa shape index (κ3) is 2.68. The first-order chi connectivity index (χ1) is 8.60. The maximum absolute atomic E-state index is 10.8. The largest absolute Gasteiger partial charge is 0.394 e. The molecule has 3 atom stereocenters. The Labute approximate surface area is 103 Å². The lowest BCUT2D eigenvalue weighted by Gasteiger charge is -2.08. The third-order valence-electron chi connectivity index (χ3n) is 2.61. The molecule has 96 valence electrons. The quantitative estimate of drug-likeness (QED) is 0.437. The fourth-order valence-corrected chi connectivity index (χ4v) is 1.65. The van der Waals surface area contributed by atoms with E-state index < -0.39 is 24.0 Å². The van der Waals surface area contributed by atoms with Crippen LogP contribution in [0.1, 0.15) is 12.0 Å². The average Bonchev–Trinajstić information content (AvgIpc) is 2.69. The number of nitrogens with zero attached hydrogens (tertiary/aromatic N) is 1. The number of rotatable bonds is 1. The van der Waals surface area contributed by atoms with Crippen LogP contribution in [-0.4, -0.2) is 45.1 Å². The van der Waals surface area contributed by atoms with Gasteiger partial charge in [-0.05, 0) is 0 Å². The number of ether oxygens (including phenoxy) is 1. The number of hydrogen-bond donors (Lipinski definition) is 4. The van der Waals surface area contributed by atoms with E-state index in [0.717, 1.165) is 0 Å². The molecule has 2 heterocycles. The van der Waals surface area contributed by atoms with Gasteiger partial charge >= 0.3 is 5.69 Å². The molecule has 2 rings (SSSR count). The predicted molar refractivity (Wildman–Crippen MR) is 62.5 cm³/mol. The zero-order valence-corrected chi connectivity index (χ0v) is 9.46. The van der Waals surface area contributed by atoms with Gasteiger partial charge in [-0.2, -0.15) is 0 Å². The number of nitrogens with two attached hydrogens (primary N) is 1. The van der Waals surface area contributed by atoms with E-state index in [2.05, 4.69) is 21.8 Å². The van der Waals surface area contributed by atoms with Crippen molar-refractivity contribution >= 4 is 5.82 Å². The molecule has 0 aliphatic carbocycles. The number of anilines is 1. The molecule has 5 N–H and O–H groups in total. The summed E-state index contributed by atoms with van der Waals surface area (Å²) in [6.45, 7) is -0.248. The minimum absolute atomic E-state index is 0.139. The molecule has 0 bridgehead atoms. The van der Waals surface area contributed by atoms with E-state index in [1.807, 2.05) is 0 Å². The fraction of sp³-hybridized carbons (Fsp3) is 0.455. The maximum Gasteiger partial charge on any atom is 0.346 e. The van der Waals surface area contributed by atoms with Crippen LogP contribution >= 0.6 is 0 Å². The number of aliphatic hydroxyl groups is 2. The monoisotopic (exact) mass is 251 g/mol. The van der Waals surface area contributed by atoms with Crippen LogP contribution in [0.4, 0.5) is 5.82 Å². The molecule has 0 radical (unpaired) electrons. The molecule has 1 aliphatic rings. The van der Waals surface area contributed by atoms with Gasteiger partial charge in [0.05, 0.1) is 24.5 Å². The van der Waals surface area contributed by atoms with Gasteiger partial charge in [0, 0.05) is 6.42 Å². The second-order valence-corrected chi connectivity index (χ2v) is 3.93. The van der Waals surface area contributed by atoms with Gasteiger partial charge in [0.25, 0.3) is 0 Å². The summed E-state index contributed by atoms with van der Waals surface area (Å²) in [7, 11) is 0. The van der Waals surface area contributed by atoms with Gasteiger partial charge in [0.1, 0.15) is 18.0 Å². The summed E-state index contributed by atoms with van der Waals surface area (Å²) in [6, 6.07) is 0. The third-order valence-corrected chi connectivity index (χ3v) is 2.61. The van der Waals surface area contributed by atoms with Crippen LogP contribution in [0, 0.1) is 11.8 Å². The summed E-state index contributed by atoms with van der Waals surface area (Å²) in [4.78, 5) is 16.7. The number of nitrogen functional groups attached to an aromatic ring is 1. The van der Waals surface area contributed by atoms with E-state index in [-0.39, 0.29) is 12.4 Å². The zero-order chi connectivity index (χ0) is 13.1. The summed E-state index contributed by atoms with van der Waals surface area (Å²) in [6.07, 6.45) is -0.190. The minimum atomic E-state index is -0.722. The van der Waals surface area contributed by atoms with Gasteiger partial charge in [-0.1, -0.05) is 11.8 Å². The Balaban J connectivity index is 2.11. The van der Waals surface area contributed by atoms with Crippen molar-refractivity contribution in [2.75, 3.05) is 12.3 Å². The first-order valence-corrected chi connectivity index (χ1v) is 5.41. The Morgan fingerprint density at radius 3 is 3.06 bits per heavy atom. The fourth-order valence-electron chi connectivity index (χ4n) is 1.65. The summed E-state index contributed by atoms with van der Waals surface area (Å²) in [5.41, 5.74) is 5.41. The number of aromatic amines is 1. The lowest BCUT2D eigenvalue weighted by Crippen LogP contribution is -2.24. The van der Waals surface area contributed by atoms with Gasteiger partial charge < -0.3 is 20.7 Å². The van der Waals surface area contributed by atoms with E-state index in [1.165, 1.54) is 6.20 Å². The van der Waals surface area contributed by atoms with Crippen molar-refractivity contribution < 1.29 is 14.9 Å². The van der Waals surface area contributed by atoms with Crippen molar-refractivity contribution in [1.82, 2.24) is 9.97 Å². The molecular formula is C11H13N3O4. The predicted octanol–water partition coefficient (Wildman–Crippen LogP) is -1.79. The Morgan fingerprint density at radius 1 is 1.67 bits per heavy atom. The highest BCUT2D eigenvalue weighted by atomic mass is 16.5. The molecule has 0 aromatic carbocycles. The summed E-state index contributed by atoms with van der Waals surface area (Å²) < 4.78 is 5.30. The molecule has 0 spiro atoms. The summed E-state index contributed by atoms with van der Waals surface area (Å²) >= 11 is 0. The molecule has 1 aliphatic heterocycles. The molecule has 1 fully saturated rings. The summed E-state index contributed by atoms with van der Waals surface area (Å²) in [5, 5.41) is 18.4. The van der Waals surface area contributed by atoms with Crippen molar-refractivity contribution in [3.8, 4) is 11.8 Å². The highest BCUT2D eigenvalue weighted by Gasteiger charge is 2.32. The van der Waals surface area contributed by atoms with Crippen LogP contribution in [0.15, 0.2) is 11.0 Å². The van der Waals surface area contributed by atoms with Crippen molar-refractivity contribution in [2.24, 2.45) is 0 Å². The molecule has 7 nitrogen and oxygen atoms in total. The standard InChI is InChI=1S/C11H13N3O4/c12-10-6(4-13-11(17)14-10)1-2-7-3-8(16)9(5-15)18-7/h4,7-9,15-16H,3,5H2,(H3,12,13,14,17)/t7?,8-,9+/m0/s1. The number of hydrogen-bond acceptors (Lipinski definition) is 6. The molecule has 18 heavy (non-hydrogen) atoms. The lowest BCUT2D eigenvalue weighted by molar-refractivity contribution is -0.00869. The molecule has 1 saturated heterocycles. The minimum Gasteiger partial charge on any atom is -0.394 e. The molecule has 0 saturated carbocycles. The molecule has 1 unspecified atom stereocenters. The number of aliphatic hydroxyl groups excluding tert-OH is 2. The first-order valence-electron chi connectivity index (χ1n) is 5.41. The van der Waals surface area contributed by atoms with E-state index in [4.69, 9.17) is 15.6 Å². The Hall–Kier alpha value is -1.88. The maximum atomic E-state index is 10.8. The smallest absolute Gasteiger partial charge is 0.346 e. The molecule has 1 aromatic rings. The first kappa shape index (κ1) is 12.6. The SMILES string of the molecule is Nc1[nH]c(=O)ncc1C#CC1C[C@H](O)[C@@H](CO)O1. The van der Waals surface area contributed by atoms with Gasteiger partial charge in [-0.15, -0.1) is 0 Å². The van der Waals surface area contributed by atoms with Crippen molar-refractivity contribution in [3.05, 3.63) is 22.2 Å². The Morgan fingerprint density at radius 2 is 2.44 bits per heavy atom. The second kappa shape index (κ2) is 5.18. The van der Waals surface area contributed by atoms with Crippen LogP contribution in [0.5, 0.6) is 0 Å². The van der Waals surface area contributed by atoms with E-state index in [1.54, 1.807) is 0 Å². The topological polar surface area (TPSA) is 121 Å². The molecule has 1 aromatic heterocycles. The zero-order valence-electron chi connectivity index (χ0n) is 9.46. The van der Waals surface area contributed by atoms with E-state index in [0.29, 0.717) is 12.0 Å². The van der Waals surface area contributed by atoms with Crippen molar-refractivity contribution in [2.45, 2.75) is 24.7 Å². The Bertz CT molecular complexity index is 545. The van der Waals surface area contributed by atoms with Crippen LogP contribution in [0.3, 0.4) is 0 Å².